The second-order valence-corrected chi connectivity index (χ2v) is 7.72. The van der Waals surface area contributed by atoms with Gasteiger partial charge < -0.3 is 10.2 Å². The number of benzene rings is 1. The van der Waals surface area contributed by atoms with E-state index in [-0.39, 0.29) is 11.9 Å². The summed E-state index contributed by atoms with van der Waals surface area (Å²) in [7, 11) is 2.23. The highest BCUT2D eigenvalue weighted by Crippen LogP contribution is 2.32. The summed E-state index contributed by atoms with van der Waals surface area (Å²) >= 11 is 3.44. The minimum Gasteiger partial charge on any atom is -0.348 e. The minimum atomic E-state index is -0.0637. The van der Waals surface area contributed by atoms with Gasteiger partial charge in [0.2, 0.25) is 0 Å². The maximum atomic E-state index is 12.7. The number of nitrogens with one attached hydrogen (secondary N) is 2. The molecule has 5 nitrogen and oxygen atoms in total. The maximum Gasteiger partial charge on any atom is 0.272 e. The molecule has 0 radical (unpaired) electrons. The van der Waals surface area contributed by atoms with Crippen LogP contribution in [0.15, 0.2) is 22.7 Å². The molecule has 1 amide bonds. The van der Waals surface area contributed by atoms with Gasteiger partial charge in [0.25, 0.3) is 5.91 Å². The quantitative estimate of drug-likeness (QED) is 0.846. The zero-order chi connectivity index (χ0) is 16.0. The van der Waals surface area contributed by atoms with Crippen LogP contribution in [0.4, 0.5) is 0 Å². The number of H-pyrrole nitrogens is 1. The molecule has 4 rings (SSSR count). The van der Waals surface area contributed by atoms with E-state index in [4.69, 9.17) is 0 Å². The lowest BCUT2D eigenvalue weighted by atomic mass is 9.82. The Bertz CT molecular complexity index is 729. The van der Waals surface area contributed by atoms with Crippen LogP contribution in [0.25, 0.3) is 10.9 Å². The number of aromatic nitrogens is 2. The molecule has 2 fully saturated rings. The molecule has 0 spiro atoms. The van der Waals surface area contributed by atoms with E-state index in [9.17, 15) is 4.79 Å². The third-order valence-electron chi connectivity index (χ3n) is 5.42. The van der Waals surface area contributed by atoms with Crippen molar-refractivity contribution in [2.45, 2.75) is 50.2 Å². The van der Waals surface area contributed by atoms with Crippen molar-refractivity contribution in [3.8, 4) is 0 Å². The summed E-state index contributed by atoms with van der Waals surface area (Å²) in [5, 5.41) is 11.3. The Morgan fingerprint density at radius 1 is 1.35 bits per heavy atom. The Hall–Kier alpha value is -1.40. The molecule has 2 aromatic rings. The van der Waals surface area contributed by atoms with Crippen LogP contribution < -0.4 is 5.32 Å². The second kappa shape index (κ2) is 5.91. The number of halogens is 1. The predicted octanol–water partition coefficient (Wildman–Crippen LogP) is 3.07. The summed E-state index contributed by atoms with van der Waals surface area (Å²) in [6.45, 7) is 0. The van der Waals surface area contributed by atoms with E-state index >= 15 is 0 Å². The number of carbonyl (C=O) groups is 1. The van der Waals surface area contributed by atoms with Crippen molar-refractivity contribution in [3.63, 3.8) is 0 Å². The Kier molecular flexibility index (Phi) is 3.89. The average molecular weight is 377 g/mol. The van der Waals surface area contributed by atoms with E-state index in [2.05, 4.69) is 43.4 Å². The van der Waals surface area contributed by atoms with Crippen molar-refractivity contribution in [3.05, 3.63) is 28.4 Å². The zero-order valence-corrected chi connectivity index (χ0v) is 14.8. The number of fused-ring (bicyclic) bond motifs is 3. The van der Waals surface area contributed by atoms with E-state index < -0.39 is 0 Å². The molecule has 23 heavy (non-hydrogen) atoms. The van der Waals surface area contributed by atoms with Gasteiger partial charge in [-0.15, -0.1) is 0 Å². The first-order valence-corrected chi connectivity index (χ1v) is 9.07. The smallest absolute Gasteiger partial charge is 0.272 e. The molecule has 2 N–H and O–H groups in total. The van der Waals surface area contributed by atoms with Crippen LogP contribution in [-0.2, 0) is 0 Å². The summed E-state index contributed by atoms with van der Waals surface area (Å²) in [6.07, 6.45) is 5.91. The van der Waals surface area contributed by atoms with Crippen molar-refractivity contribution in [2.24, 2.45) is 0 Å². The van der Waals surface area contributed by atoms with Crippen LogP contribution in [0.5, 0.6) is 0 Å². The van der Waals surface area contributed by atoms with E-state index in [1.165, 1.54) is 19.3 Å². The standard InChI is InChI=1S/C17H21BrN4O/c1-22-12-3-2-4-13(22)9-11(8-12)19-17(23)16-14-6-5-10(18)7-15(14)20-21-16/h5-7,11-13H,2-4,8-9H2,1H3,(H,19,23)(H,20,21)/t11-,12+,13-. The molecule has 2 aliphatic heterocycles. The topological polar surface area (TPSA) is 61.0 Å². The van der Waals surface area contributed by atoms with E-state index in [1.807, 2.05) is 18.2 Å². The van der Waals surface area contributed by atoms with Crippen molar-refractivity contribution in [2.75, 3.05) is 7.05 Å². The van der Waals surface area contributed by atoms with Gasteiger partial charge in [-0.05, 0) is 50.9 Å². The van der Waals surface area contributed by atoms with Gasteiger partial charge in [-0.3, -0.25) is 9.89 Å². The van der Waals surface area contributed by atoms with Gasteiger partial charge >= 0.3 is 0 Å². The van der Waals surface area contributed by atoms with Crippen molar-refractivity contribution < 1.29 is 4.79 Å². The molecule has 6 heteroatoms. The number of piperidine rings is 2. The fourth-order valence-electron chi connectivity index (χ4n) is 4.15. The number of amides is 1. The molecular weight excluding hydrogens is 356 g/mol. The molecule has 3 atom stereocenters. The van der Waals surface area contributed by atoms with E-state index in [0.29, 0.717) is 17.8 Å². The largest absolute Gasteiger partial charge is 0.348 e. The predicted molar refractivity (Wildman–Crippen MR) is 93.5 cm³/mol. The lowest BCUT2D eigenvalue weighted by Gasteiger charge is -2.47. The Balaban J connectivity index is 1.51. The Morgan fingerprint density at radius 3 is 2.83 bits per heavy atom. The summed E-state index contributed by atoms with van der Waals surface area (Å²) in [5.74, 6) is -0.0637. The van der Waals surface area contributed by atoms with Crippen LogP contribution >= 0.6 is 15.9 Å². The van der Waals surface area contributed by atoms with Crippen molar-refractivity contribution in [1.82, 2.24) is 20.4 Å². The highest BCUT2D eigenvalue weighted by atomic mass is 79.9. The molecular formula is C17H21BrN4O. The molecule has 3 heterocycles. The molecule has 2 saturated heterocycles. The Morgan fingerprint density at radius 2 is 2.09 bits per heavy atom. The Labute approximate surface area is 143 Å². The fraction of sp³-hybridized carbons (Fsp3) is 0.529. The first-order chi connectivity index (χ1) is 11.1. The van der Waals surface area contributed by atoms with Gasteiger partial charge in [-0.2, -0.15) is 5.10 Å². The first kappa shape index (κ1) is 15.1. The minimum absolute atomic E-state index is 0.0637. The van der Waals surface area contributed by atoms with E-state index in [0.717, 1.165) is 28.2 Å². The molecule has 122 valence electrons. The highest BCUT2D eigenvalue weighted by Gasteiger charge is 2.36. The average Bonchev–Trinajstić information content (AvgIpc) is 2.91. The lowest BCUT2D eigenvalue weighted by molar-refractivity contribution is 0.0462. The van der Waals surface area contributed by atoms with Gasteiger partial charge in [0.15, 0.2) is 5.69 Å². The maximum absolute atomic E-state index is 12.7. The summed E-state index contributed by atoms with van der Waals surface area (Å²) in [6, 6.07) is 7.30. The number of aromatic amines is 1. The number of nitrogens with zero attached hydrogens (tertiary/aromatic N) is 2. The normalized spacial score (nSPS) is 28.0. The van der Waals surface area contributed by atoms with Gasteiger partial charge in [0.05, 0.1) is 5.52 Å². The summed E-state index contributed by atoms with van der Waals surface area (Å²) in [4.78, 5) is 15.2. The summed E-state index contributed by atoms with van der Waals surface area (Å²) in [5.41, 5.74) is 1.38. The van der Waals surface area contributed by atoms with Crippen LogP contribution in [0.1, 0.15) is 42.6 Å². The second-order valence-electron chi connectivity index (χ2n) is 6.81. The third-order valence-corrected chi connectivity index (χ3v) is 5.91. The SMILES string of the molecule is CN1[C@@H]2CCC[C@H]1C[C@@H](NC(=O)c1n[nH]c3cc(Br)ccc13)C2. The number of rotatable bonds is 2. The number of hydrogen-bond donors (Lipinski definition) is 2. The molecule has 2 bridgehead atoms. The van der Waals surface area contributed by atoms with Crippen molar-refractivity contribution >= 4 is 32.7 Å². The molecule has 1 aromatic heterocycles. The van der Waals surface area contributed by atoms with Crippen LogP contribution in [0.3, 0.4) is 0 Å². The van der Waals surface area contributed by atoms with E-state index in [1.54, 1.807) is 0 Å². The molecule has 0 unspecified atom stereocenters. The van der Waals surface area contributed by atoms with Crippen LogP contribution in [-0.4, -0.2) is 46.2 Å². The van der Waals surface area contributed by atoms with Gasteiger partial charge in [0.1, 0.15) is 0 Å². The lowest BCUT2D eigenvalue weighted by Crippen LogP contribution is -2.55. The highest BCUT2D eigenvalue weighted by molar-refractivity contribution is 9.10. The van der Waals surface area contributed by atoms with Gasteiger partial charge in [-0.1, -0.05) is 22.4 Å². The van der Waals surface area contributed by atoms with Gasteiger partial charge in [0, 0.05) is 28.0 Å². The summed E-state index contributed by atoms with van der Waals surface area (Å²) < 4.78 is 0.976. The first-order valence-electron chi connectivity index (χ1n) is 8.28. The monoisotopic (exact) mass is 376 g/mol. The third kappa shape index (κ3) is 2.78. The number of hydrogen-bond acceptors (Lipinski definition) is 3. The van der Waals surface area contributed by atoms with Crippen LogP contribution in [0, 0.1) is 0 Å². The zero-order valence-electron chi connectivity index (χ0n) is 13.2. The fourth-order valence-corrected chi connectivity index (χ4v) is 4.51. The number of carbonyl (C=O) groups excluding carboxylic acids is 1. The molecule has 1 aromatic carbocycles. The van der Waals surface area contributed by atoms with Gasteiger partial charge in [-0.25, -0.2) is 0 Å². The van der Waals surface area contributed by atoms with Crippen LogP contribution in [0.2, 0.25) is 0 Å². The van der Waals surface area contributed by atoms with Crippen molar-refractivity contribution in [1.29, 1.82) is 0 Å². The molecule has 2 aliphatic rings. The molecule has 0 aliphatic carbocycles. The molecule has 0 saturated carbocycles.